The summed E-state index contributed by atoms with van der Waals surface area (Å²) >= 11 is 0. The van der Waals surface area contributed by atoms with Crippen LogP contribution in [0, 0.1) is 6.92 Å². The van der Waals surface area contributed by atoms with Gasteiger partial charge in [-0.2, -0.15) is 0 Å². The van der Waals surface area contributed by atoms with Gasteiger partial charge in [-0.25, -0.2) is 0 Å². The summed E-state index contributed by atoms with van der Waals surface area (Å²) in [6.45, 7) is 4.67. The van der Waals surface area contributed by atoms with E-state index in [9.17, 15) is 0 Å². The number of hydrogen-bond donors (Lipinski definition) is 0. The monoisotopic (exact) mass is 454 g/mol. The van der Waals surface area contributed by atoms with Crippen molar-refractivity contribution >= 4 is 5.71 Å². The molecule has 0 saturated carbocycles. The summed E-state index contributed by atoms with van der Waals surface area (Å²) < 4.78 is 18.4. The number of hydrogen-bond acceptors (Lipinski definition) is 5. The summed E-state index contributed by atoms with van der Waals surface area (Å²) in [6.07, 6.45) is 0. The third-order valence-electron chi connectivity index (χ3n) is 5.91. The Bertz CT molecular complexity index is 1320. The van der Waals surface area contributed by atoms with E-state index < -0.39 is 0 Å². The zero-order valence-corrected chi connectivity index (χ0v) is 19.4. The lowest BCUT2D eigenvalue weighted by molar-refractivity contribution is 0.130. The zero-order valence-electron chi connectivity index (χ0n) is 19.4. The van der Waals surface area contributed by atoms with Crippen LogP contribution in [0.2, 0.25) is 0 Å². The van der Waals surface area contributed by atoms with Crippen molar-refractivity contribution in [1.29, 1.82) is 0 Å². The van der Waals surface area contributed by atoms with E-state index in [1.54, 1.807) is 7.11 Å². The third kappa shape index (κ3) is 4.22. The molecule has 5 rings (SSSR count). The zero-order chi connectivity index (χ0) is 23.5. The average Bonchev–Trinajstić information content (AvgIpc) is 3.48. The van der Waals surface area contributed by atoms with Crippen LogP contribution in [0.25, 0.3) is 16.9 Å². The summed E-state index contributed by atoms with van der Waals surface area (Å²) in [5.74, 6) is 2.32. The van der Waals surface area contributed by atoms with E-state index in [0.29, 0.717) is 6.61 Å². The quantitative estimate of drug-likeness (QED) is 0.249. The van der Waals surface area contributed by atoms with Crippen molar-refractivity contribution in [2.24, 2.45) is 5.16 Å². The molecule has 0 atom stereocenters. The van der Waals surface area contributed by atoms with Crippen LogP contribution in [-0.4, -0.2) is 24.2 Å². The highest BCUT2D eigenvalue weighted by molar-refractivity contribution is 6.01. The molecule has 4 aromatic rings. The van der Waals surface area contributed by atoms with Crippen LogP contribution in [0.15, 0.2) is 84.0 Å². The Balaban J connectivity index is 1.45. The lowest BCUT2D eigenvalue weighted by Gasteiger charge is -2.13. The first-order valence-electron chi connectivity index (χ1n) is 11.1. The lowest BCUT2D eigenvalue weighted by Crippen LogP contribution is -2.02. The smallest absolute Gasteiger partial charge is 0.231 e. The van der Waals surface area contributed by atoms with E-state index in [-0.39, 0.29) is 6.79 Å². The highest BCUT2D eigenvalue weighted by Gasteiger charge is 2.17. The van der Waals surface area contributed by atoms with Crippen LogP contribution in [-0.2, 0) is 11.4 Å². The molecule has 172 valence electrons. The molecule has 0 saturated heterocycles. The van der Waals surface area contributed by atoms with Gasteiger partial charge in [-0.15, -0.1) is 0 Å². The molecule has 2 heterocycles. The molecule has 0 spiro atoms. The van der Waals surface area contributed by atoms with Crippen LogP contribution >= 0.6 is 0 Å². The van der Waals surface area contributed by atoms with E-state index in [1.807, 2.05) is 55.5 Å². The van der Waals surface area contributed by atoms with Gasteiger partial charge in [0.05, 0.1) is 18.5 Å². The molecule has 0 amide bonds. The minimum absolute atomic E-state index is 0.255. The van der Waals surface area contributed by atoms with Crippen LogP contribution in [0.5, 0.6) is 17.2 Å². The first-order valence-corrected chi connectivity index (χ1v) is 11.1. The van der Waals surface area contributed by atoms with E-state index in [0.717, 1.165) is 56.7 Å². The second kappa shape index (κ2) is 9.35. The van der Waals surface area contributed by atoms with Gasteiger partial charge in [-0.05, 0) is 67.4 Å². The molecule has 34 heavy (non-hydrogen) atoms. The van der Waals surface area contributed by atoms with Crippen molar-refractivity contribution in [3.05, 3.63) is 95.7 Å². The Morgan fingerprint density at radius 3 is 2.47 bits per heavy atom. The standard InChI is InChI=1S/C28H26N2O4/c1-19(29-34-17-21-9-14-27-28(15-21)33-18-32-27)25-16-26(22-7-5-4-6-8-22)30(20(25)2)23-10-12-24(31-3)13-11-23/h4-16H,17-18H2,1-3H3/b29-19-. The highest BCUT2D eigenvalue weighted by Crippen LogP contribution is 2.33. The normalized spacial score (nSPS) is 12.6. The van der Waals surface area contributed by atoms with Crippen LogP contribution in [0.3, 0.4) is 0 Å². The van der Waals surface area contributed by atoms with Crippen molar-refractivity contribution in [1.82, 2.24) is 4.57 Å². The predicted octanol–water partition coefficient (Wildman–Crippen LogP) is 6.13. The lowest BCUT2D eigenvalue weighted by atomic mass is 10.1. The Hall–Kier alpha value is -4.19. The van der Waals surface area contributed by atoms with Crippen molar-refractivity contribution in [2.75, 3.05) is 13.9 Å². The molecule has 6 nitrogen and oxygen atoms in total. The fraction of sp³-hybridized carbons (Fsp3) is 0.179. The molecule has 0 radical (unpaired) electrons. The van der Waals surface area contributed by atoms with Gasteiger partial charge in [0, 0.05) is 16.9 Å². The third-order valence-corrected chi connectivity index (χ3v) is 5.91. The van der Waals surface area contributed by atoms with Gasteiger partial charge < -0.3 is 23.6 Å². The minimum Gasteiger partial charge on any atom is -0.497 e. The number of rotatable bonds is 7. The van der Waals surface area contributed by atoms with E-state index >= 15 is 0 Å². The summed E-state index contributed by atoms with van der Waals surface area (Å²) in [5.41, 5.74) is 7.15. The first-order chi connectivity index (χ1) is 16.6. The molecular formula is C28H26N2O4. The molecule has 0 N–H and O–H groups in total. The molecule has 6 heteroatoms. The van der Waals surface area contributed by atoms with Crippen molar-refractivity contribution in [3.63, 3.8) is 0 Å². The average molecular weight is 455 g/mol. The number of ether oxygens (including phenoxy) is 3. The van der Waals surface area contributed by atoms with Crippen LogP contribution in [0.1, 0.15) is 23.7 Å². The van der Waals surface area contributed by atoms with Crippen molar-refractivity contribution in [3.8, 4) is 34.2 Å². The molecule has 1 aliphatic rings. The van der Waals surface area contributed by atoms with Crippen LogP contribution in [0.4, 0.5) is 0 Å². The summed E-state index contributed by atoms with van der Waals surface area (Å²) in [7, 11) is 1.67. The second-order valence-corrected chi connectivity index (χ2v) is 8.07. The van der Waals surface area contributed by atoms with Crippen molar-refractivity contribution in [2.45, 2.75) is 20.5 Å². The maximum Gasteiger partial charge on any atom is 0.231 e. The Kier molecular flexibility index (Phi) is 5.95. The maximum absolute atomic E-state index is 5.71. The summed E-state index contributed by atoms with van der Waals surface area (Å²) in [5, 5.41) is 4.42. The number of nitrogens with zero attached hydrogens (tertiary/aromatic N) is 2. The first kappa shape index (κ1) is 21.6. The number of benzene rings is 3. The minimum atomic E-state index is 0.255. The number of fused-ring (bicyclic) bond motifs is 1. The fourth-order valence-corrected chi connectivity index (χ4v) is 4.14. The van der Waals surface area contributed by atoms with Gasteiger partial charge in [-0.1, -0.05) is 41.6 Å². The highest BCUT2D eigenvalue weighted by atomic mass is 16.7. The topological polar surface area (TPSA) is 54.2 Å². The molecule has 3 aromatic carbocycles. The molecule has 0 bridgehead atoms. The van der Waals surface area contributed by atoms with E-state index in [2.05, 4.69) is 47.0 Å². The van der Waals surface area contributed by atoms with E-state index in [1.165, 1.54) is 0 Å². The fourth-order valence-electron chi connectivity index (χ4n) is 4.14. The maximum atomic E-state index is 5.71. The Morgan fingerprint density at radius 1 is 0.941 bits per heavy atom. The van der Waals surface area contributed by atoms with Gasteiger partial charge in [0.1, 0.15) is 12.4 Å². The van der Waals surface area contributed by atoms with Gasteiger partial charge >= 0.3 is 0 Å². The molecule has 1 aliphatic heterocycles. The van der Waals surface area contributed by atoms with Gasteiger partial charge in [-0.3, -0.25) is 0 Å². The Morgan fingerprint density at radius 2 is 1.71 bits per heavy atom. The summed E-state index contributed by atoms with van der Waals surface area (Å²) in [6, 6.07) is 26.3. The molecule has 0 unspecified atom stereocenters. The van der Waals surface area contributed by atoms with Gasteiger partial charge in [0.25, 0.3) is 0 Å². The van der Waals surface area contributed by atoms with Gasteiger partial charge in [0.15, 0.2) is 11.5 Å². The number of methoxy groups -OCH3 is 1. The van der Waals surface area contributed by atoms with Crippen LogP contribution < -0.4 is 14.2 Å². The SMILES string of the molecule is COc1ccc(-n2c(-c3ccccc3)cc(/C(C)=N\OCc3ccc4c(c3)OCO4)c2C)cc1. The summed E-state index contributed by atoms with van der Waals surface area (Å²) in [4.78, 5) is 5.71. The van der Waals surface area contributed by atoms with E-state index in [4.69, 9.17) is 19.0 Å². The van der Waals surface area contributed by atoms with Gasteiger partial charge in [0.2, 0.25) is 6.79 Å². The molecule has 0 fully saturated rings. The number of oxime groups is 1. The second-order valence-electron chi connectivity index (χ2n) is 8.07. The Labute approximate surface area is 199 Å². The molecular weight excluding hydrogens is 428 g/mol. The van der Waals surface area contributed by atoms with Crippen molar-refractivity contribution < 1.29 is 19.0 Å². The molecule has 1 aromatic heterocycles. The largest absolute Gasteiger partial charge is 0.497 e. The molecule has 0 aliphatic carbocycles. The number of aromatic nitrogens is 1. The predicted molar refractivity (Wildman–Crippen MR) is 132 cm³/mol.